The van der Waals surface area contributed by atoms with Crippen LogP contribution >= 0.6 is 11.8 Å². The molecule has 3 nitrogen and oxygen atoms in total. The fraction of sp³-hybridized carbons (Fsp3) is 0.438. The fourth-order valence-electron chi connectivity index (χ4n) is 2.49. The maximum atomic E-state index is 9.40. The van der Waals surface area contributed by atoms with Crippen LogP contribution in [-0.2, 0) is 13.7 Å². The van der Waals surface area contributed by atoms with Gasteiger partial charge in [0, 0.05) is 11.9 Å². The van der Waals surface area contributed by atoms with Crippen molar-refractivity contribution in [1.29, 1.82) is 0 Å². The summed E-state index contributed by atoms with van der Waals surface area (Å²) >= 11 is 1.68. The molecular formula is C16H22N2OS. The lowest BCUT2D eigenvalue weighted by Crippen LogP contribution is -2.03. The zero-order valence-electron chi connectivity index (χ0n) is 12.8. The number of benzene rings is 1. The van der Waals surface area contributed by atoms with Gasteiger partial charge in [0.1, 0.15) is 17.5 Å². The molecule has 20 heavy (non-hydrogen) atoms. The van der Waals surface area contributed by atoms with Crippen molar-refractivity contribution in [2.24, 2.45) is 7.05 Å². The Morgan fingerprint density at radius 2 is 1.80 bits per heavy atom. The van der Waals surface area contributed by atoms with E-state index in [1.807, 2.05) is 11.6 Å². The average Bonchev–Trinajstić information content (AvgIpc) is 2.64. The highest BCUT2D eigenvalue weighted by Crippen LogP contribution is 2.34. The summed E-state index contributed by atoms with van der Waals surface area (Å²) in [5.74, 6) is 1.10. The lowest BCUT2D eigenvalue weighted by Gasteiger charge is -2.10. The molecule has 108 valence electrons. The molecule has 0 amide bonds. The molecule has 0 spiro atoms. The Bertz CT molecular complexity index is 597. The first-order valence-corrected chi connectivity index (χ1v) is 7.66. The van der Waals surface area contributed by atoms with E-state index in [9.17, 15) is 5.11 Å². The van der Waals surface area contributed by atoms with E-state index in [2.05, 4.69) is 50.9 Å². The van der Waals surface area contributed by atoms with Crippen molar-refractivity contribution in [3.05, 3.63) is 40.8 Å². The first-order chi connectivity index (χ1) is 9.42. The maximum Gasteiger partial charge on any atom is 0.135 e. The monoisotopic (exact) mass is 290 g/mol. The Labute approximate surface area is 125 Å². The molecule has 0 aliphatic carbocycles. The highest BCUT2D eigenvalue weighted by molar-refractivity contribution is 7.99. The fourth-order valence-corrected chi connectivity index (χ4v) is 3.83. The molecule has 0 aliphatic rings. The van der Waals surface area contributed by atoms with E-state index >= 15 is 0 Å². The van der Waals surface area contributed by atoms with Crippen LogP contribution in [0.1, 0.15) is 42.4 Å². The van der Waals surface area contributed by atoms with Gasteiger partial charge >= 0.3 is 0 Å². The Kier molecular flexibility index (Phi) is 4.55. The smallest absolute Gasteiger partial charge is 0.135 e. The van der Waals surface area contributed by atoms with E-state index in [-0.39, 0.29) is 6.61 Å². The first-order valence-electron chi connectivity index (χ1n) is 6.85. The Hall–Kier alpha value is -1.26. The number of aliphatic hydroxyl groups excluding tert-OH is 1. The van der Waals surface area contributed by atoms with Crippen LogP contribution in [0.5, 0.6) is 0 Å². The molecule has 1 aromatic carbocycles. The van der Waals surface area contributed by atoms with Crippen molar-refractivity contribution in [2.45, 2.75) is 50.1 Å². The third kappa shape index (κ3) is 3.07. The minimum Gasteiger partial charge on any atom is -0.388 e. The Morgan fingerprint density at radius 1 is 1.20 bits per heavy atom. The summed E-state index contributed by atoms with van der Waals surface area (Å²) in [7, 11) is 1.97. The second kappa shape index (κ2) is 6.02. The zero-order valence-corrected chi connectivity index (χ0v) is 13.6. The second-order valence-electron chi connectivity index (χ2n) is 5.52. The van der Waals surface area contributed by atoms with Crippen molar-refractivity contribution < 1.29 is 5.11 Å². The van der Waals surface area contributed by atoms with E-state index in [4.69, 9.17) is 0 Å². The lowest BCUT2D eigenvalue weighted by atomic mass is 10.1. The molecule has 0 atom stereocenters. The van der Waals surface area contributed by atoms with Crippen molar-refractivity contribution in [1.82, 2.24) is 9.55 Å². The standard InChI is InChI=1S/C16H22N2OS/c1-10(2)15-16(17-14(9-19)18(15)5)20-13-7-11(3)6-12(4)8-13/h6-8,10,19H,9H2,1-5H3. The summed E-state index contributed by atoms with van der Waals surface area (Å²) in [6, 6.07) is 6.52. The average molecular weight is 290 g/mol. The highest BCUT2D eigenvalue weighted by atomic mass is 32.2. The molecular weight excluding hydrogens is 268 g/mol. The molecule has 4 heteroatoms. The van der Waals surface area contributed by atoms with Crippen LogP contribution in [0, 0.1) is 13.8 Å². The predicted molar refractivity (Wildman–Crippen MR) is 83.3 cm³/mol. The molecule has 0 saturated carbocycles. The van der Waals surface area contributed by atoms with Gasteiger partial charge in [0.05, 0.1) is 5.69 Å². The van der Waals surface area contributed by atoms with Gasteiger partial charge in [0.2, 0.25) is 0 Å². The van der Waals surface area contributed by atoms with Gasteiger partial charge in [0.25, 0.3) is 0 Å². The molecule has 2 aromatic rings. The molecule has 1 aromatic heterocycles. The van der Waals surface area contributed by atoms with Crippen molar-refractivity contribution in [2.75, 3.05) is 0 Å². The number of hydrogen-bond acceptors (Lipinski definition) is 3. The third-order valence-corrected chi connectivity index (χ3v) is 4.26. The summed E-state index contributed by atoms with van der Waals surface area (Å²) in [6.07, 6.45) is 0. The van der Waals surface area contributed by atoms with E-state index in [0.717, 1.165) is 10.9 Å². The minimum absolute atomic E-state index is 0.0242. The Morgan fingerprint density at radius 3 is 2.30 bits per heavy atom. The van der Waals surface area contributed by atoms with Crippen LogP contribution in [0.2, 0.25) is 0 Å². The molecule has 0 radical (unpaired) electrons. The normalized spacial score (nSPS) is 11.3. The zero-order chi connectivity index (χ0) is 14.9. The van der Waals surface area contributed by atoms with Crippen LogP contribution in [0.4, 0.5) is 0 Å². The molecule has 0 saturated heterocycles. The van der Waals surface area contributed by atoms with Gasteiger partial charge in [-0.1, -0.05) is 31.7 Å². The molecule has 1 heterocycles. The number of aryl methyl sites for hydroxylation is 2. The van der Waals surface area contributed by atoms with Gasteiger partial charge < -0.3 is 9.67 Å². The molecule has 0 unspecified atom stereocenters. The number of hydrogen-bond donors (Lipinski definition) is 1. The van der Waals surface area contributed by atoms with Crippen LogP contribution in [0.15, 0.2) is 28.1 Å². The van der Waals surface area contributed by atoms with Gasteiger partial charge in [-0.25, -0.2) is 4.98 Å². The van der Waals surface area contributed by atoms with Crippen LogP contribution in [0.25, 0.3) is 0 Å². The topological polar surface area (TPSA) is 38.1 Å². The molecule has 0 aliphatic heterocycles. The number of imidazole rings is 1. The van der Waals surface area contributed by atoms with Crippen LogP contribution < -0.4 is 0 Å². The van der Waals surface area contributed by atoms with E-state index in [1.165, 1.54) is 21.7 Å². The van der Waals surface area contributed by atoms with Gasteiger partial charge in [-0.3, -0.25) is 0 Å². The van der Waals surface area contributed by atoms with Gasteiger partial charge in [-0.05, 0) is 43.0 Å². The van der Waals surface area contributed by atoms with E-state index in [0.29, 0.717) is 5.92 Å². The first kappa shape index (κ1) is 15.1. The van der Waals surface area contributed by atoms with E-state index < -0.39 is 0 Å². The highest BCUT2D eigenvalue weighted by Gasteiger charge is 2.18. The number of aliphatic hydroxyl groups is 1. The molecule has 2 rings (SSSR count). The maximum absolute atomic E-state index is 9.40. The summed E-state index contributed by atoms with van der Waals surface area (Å²) in [4.78, 5) is 5.78. The Balaban J connectivity index is 2.42. The van der Waals surface area contributed by atoms with Gasteiger partial charge in [-0.15, -0.1) is 0 Å². The SMILES string of the molecule is Cc1cc(C)cc(Sc2nc(CO)n(C)c2C(C)C)c1. The quantitative estimate of drug-likeness (QED) is 0.930. The van der Waals surface area contributed by atoms with Gasteiger partial charge in [-0.2, -0.15) is 0 Å². The largest absolute Gasteiger partial charge is 0.388 e. The van der Waals surface area contributed by atoms with Crippen molar-refractivity contribution in [3.8, 4) is 0 Å². The number of rotatable bonds is 4. The molecule has 0 fully saturated rings. The summed E-state index contributed by atoms with van der Waals surface area (Å²) in [5.41, 5.74) is 3.70. The molecule has 0 bridgehead atoms. The van der Waals surface area contributed by atoms with E-state index in [1.54, 1.807) is 11.8 Å². The van der Waals surface area contributed by atoms with Crippen molar-refractivity contribution >= 4 is 11.8 Å². The summed E-state index contributed by atoms with van der Waals surface area (Å²) in [6.45, 7) is 8.51. The molecule has 1 N–H and O–H groups in total. The summed E-state index contributed by atoms with van der Waals surface area (Å²) in [5, 5.41) is 10.4. The van der Waals surface area contributed by atoms with Crippen LogP contribution in [-0.4, -0.2) is 14.7 Å². The lowest BCUT2D eigenvalue weighted by molar-refractivity contribution is 0.266. The second-order valence-corrected chi connectivity index (χ2v) is 6.58. The summed E-state index contributed by atoms with van der Waals surface area (Å²) < 4.78 is 2.01. The van der Waals surface area contributed by atoms with Crippen molar-refractivity contribution in [3.63, 3.8) is 0 Å². The number of aromatic nitrogens is 2. The predicted octanol–water partition coefficient (Wildman–Crippen LogP) is 3.80. The third-order valence-electron chi connectivity index (χ3n) is 3.30. The van der Waals surface area contributed by atoms with Crippen LogP contribution in [0.3, 0.4) is 0 Å². The van der Waals surface area contributed by atoms with Gasteiger partial charge in [0.15, 0.2) is 0 Å². The number of nitrogens with zero attached hydrogens (tertiary/aromatic N) is 2. The minimum atomic E-state index is -0.0242.